The summed E-state index contributed by atoms with van der Waals surface area (Å²) >= 11 is 5.52. The molecule has 0 N–H and O–H groups in total. The molecule has 21 heavy (non-hydrogen) atoms. The molecule has 3 nitrogen and oxygen atoms in total. The molecule has 0 amide bonds. The van der Waals surface area contributed by atoms with Crippen LogP contribution in [0.4, 0.5) is 13.2 Å². The lowest BCUT2D eigenvalue weighted by Gasteiger charge is -2.22. The van der Waals surface area contributed by atoms with Crippen LogP contribution in [0.2, 0.25) is 0 Å². The summed E-state index contributed by atoms with van der Waals surface area (Å²) in [7, 11) is 0. The second kappa shape index (κ2) is 9.00. The molecular weight excluding hydrogens is 307 g/mol. The van der Waals surface area contributed by atoms with Crippen LogP contribution in [0.5, 0.6) is 11.5 Å². The lowest BCUT2D eigenvalue weighted by atomic mass is 10.3. The number of rotatable bonds is 9. The van der Waals surface area contributed by atoms with E-state index >= 15 is 0 Å². The number of ether oxygens (including phenoxy) is 2. The van der Waals surface area contributed by atoms with Gasteiger partial charge in [-0.15, -0.1) is 11.6 Å². The van der Waals surface area contributed by atoms with E-state index in [9.17, 15) is 13.2 Å². The molecule has 0 unspecified atom stereocenters. The van der Waals surface area contributed by atoms with E-state index in [-0.39, 0.29) is 25.6 Å². The molecule has 1 rings (SSSR count). The fourth-order valence-electron chi connectivity index (χ4n) is 1.77. The van der Waals surface area contributed by atoms with Gasteiger partial charge in [0, 0.05) is 19.0 Å². The molecule has 0 saturated heterocycles. The minimum atomic E-state index is -4.24. The standard InChI is InChI=1S/C14H19ClF3NO2/c1-2-20-12-5-3-4-6-13(12)21-10-9-19(8-7-15)11-14(16,17)18/h3-6H,2,7-11H2,1H3. The highest BCUT2D eigenvalue weighted by atomic mass is 35.5. The molecule has 0 spiro atoms. The summed E-state index contributed by atoms with van der Waals surface area (Å²) in [6.07, 6.45) is -4.24. The van der Waals surface area contributed by atoms with Crippen LogP contribution >= 0.6 is 11.6 Å². The van der Waals surface area contributed by atoms with E-state index in [1.54, 1.807) is 24.3 Å². The third-order valence-corrected chi connectivity index (χ3v) is 2.79. The Hall–Kier alpha value is -1.14. The number of nitrogens with zero attached hydrogens (tertiary/aromatic N) is 1. The quantitative estimate of drug-likeness (QED) is 0.648. The van der Waals surface area contributed by atoms with Gasteiger partial charge in [-0.3, -0.25) is 4.90 Å². The molecule has 0 aliphatic carbocycles. The van der Waals surface area contributed by atoms with Crippen molar-refractivity contribution in [3.63, 3.8) is 0 Å². The zero-order chi connectivity index (χ0) is 15.7. The minimum absolute atomic E-state index is 0.136. The number of benzene rings is 1. The molecule has 0 radical (unpaired) electrons. The first-order chi connectivity index (χ1) is 9.96. The van der Waals surface area contributed by atoms with Gasteiger partial charge in [0.2, 0.25) is 0 Å². The molecule has 0 aliphatic rings. The summed E-state index contributed by atoms with van der Waals surface area (Å²) in [6.45, 7) is 1.80. The highest BCUT2D eigenvalue weighted by Crippen LogP contribution is 2.26. The van der Waals surface area contributed by atoms with Crippen LogP contribution < -0.4 is 9.47 Å². The van der Waals surface area contributed by atoms with Crippen LogP contribution in [0.3, 0.4) is 0 Å². The Morgan fingerprint density at radius 2 is 1.71 bits per heavy atom. The van der Waals surface area contributed by atoms with E-state index in [0.717, 1.165) is 0 Å². The molecule has 7 heteroatoms. The second-order valence-corrected chi connectivity index (χ2v) is 4.69. The van der Waals surface area contributed by atoms with Gasteiger partial charge in [0.05, 0.1) is 13.2 Å². The summed E-state index contributed by atoms with van der Waals surface area (Å²) in [6, 6.07) is 7.07. The van der Waals surface area contributed by atoms with Gasteiger partial charge in [-0.2, -0.15) is 13.2 Å². The minimum Gasteiger partial charge on any atom is -0.490 e. The zero-order valence-corrected chi connectivity index (χ0v) is 12.6. The average Bonchev–Trinajstić information content (AvgIpc) is 2.39. The molecule has 0 atom stereocenters. The fraction of sp³-hybridized carbons (Fsp3) is 0.571. The molecule has 0 bridgehead atoms. The van der Waals surface area contributed by atoms with Crippen LogP contribution in [-0.2, 0) is 0 Å². The summed E-state index contributed by atoms with van der Waals surface area (Å²) < 4.78 is 48.1. The van der Waals surface area contributed by atoms with Crippen molar-refractivity contribution in [2.75, 3.05) is 38.7 Å². The SMILES string of the molecule is CCOc1ccccc1OCCN(CCCl)CC(F)(F)F. The van der Waals surface area contributed by atoms with Crippen LogP contribution in [0.15, 0.2) is 24.3 Å². The predicted octanol–water partition coefficient (Wildman–Crippen LogP) is 3.57. The maximum atomic E-state index is 12.4. The van der Waals surface area contributed by atoms with Gasteiger partial charge in [-0.25, -0.2) is 0 Å². The van der Waals surface area contributed by atoms with Crippen molar-refractivity contribution in [3.8, 4) is 11.5 Å². The molecule has 0 aliphatic heterocycles. The largest absolute Gasteiger partial charge is 0.490 e. The molecule has 0 saturated carbocycles. The Kier molecular flexibility index (Phi) is 7.67. The van der Waals surface area contributed by atoms with Gasteiger partial charge in [0.25, 0.3) is 0 Å². The Bertz CT molecular complexity index is 415. The Balaban J connectivity index is 2.50. The van der Waals surface area contributed by atoms with Crippen molar-refractivity contribution in [1.82, 2.24) is 4.90 Å². The predicted molar refractivity (Wildman–Crippen MR) is 76.3 cm³/mol. The van der Waals surface area contributed by atoms with Crippen molar-refractivity contribution in [3.05, 3.63) is 24.3 Å². The van der Waals surface area contributed by atoms with Crippen LogP contribution in [0.1, 0.15) is 6.92 Å². The highest BCUT2D eigenvalue weighted by molar-refractivity contribution is 6.18. The van der Waals surface area contributed by atoms with Crippen molar-refractivity contribution >= 4 is 11.6 Å². The van der Waals surface area contributed by atoms with E-state index in [2.05, 4.69) is 0 Å². The Labute approximate surface area is 127 Å². The summed E-state index contributed by atoms with van der Waals surface area (Å²) in [4.78, 5) is 1.22. The lowest BCUT2D eigenvalue weighted by Crippen LogP contribution is -2.38. The average molecular weight is 326 g/mol. The number of hydrogen-bond donors (Lipinski definition) is 0. The van der Waals surface area contributed by atoms with Gasteiger partial charge in [-0.05, 0) is 19.1 Å². The number of para-hydroxylation sites is 2. The maximum Gasteiger partial charge on any atom is 0.401 e. The molecule has 120 valence electrons. The van der Waals surface area contributed by atoms with E-state index < -0.39 is 12.7 Å². The molecule has 0 fully saturated rings. The topological polar surface area (TPSA) is 21.7 Å². The normalized spacial score (nSPS) is 11.7. The number of halogens is 4. The van der Waals surface area contributed by atoms with E-state index in [4.69, 9.17) is 21.1 Å². The molecule has 1 aromatic carbocycles. The molecular formula is C14H19ClF3NO2. The Morgan fingerprint density at radius 3 is 2.24 bits per heavy atom. The van der Waals surface area contributed by atoms with Crippen molar-refractivity contribution < 1.29 is 22.6 Å². The van der Waals surface area contributed by atoms with Crippen LogP contribution in [-0.4, -0.2) is 49.8 Å². The van der Waals surface area contributed by atoms with Crippen LogP contribution in [0, 0.1) is 0 Å². The first kappa shape index (κ1) is 17.9. The third-order valence-electron chi connectivity index (χ3n) is 2.62. The number of hydrogen-bond acceptors (Lipinski definition) is 3. The molecule has 0 heterocycles. The van der Waals surface area contributed by atoms with E-state index in [1.165, 1.54) is 4.90 Å². The second-order valence-electron chi connectivity index (χ2n) is 4.31. The van der Waals surface area contributed by atoms with Crippen molar-refractivity contribution in [2.24, 2.45) is 0 Å². The lowest BCUT2D eigenvalue weighted by molar-refractivity contribution is -0.145. The van der Waals surface area contributed by atoms with Gasteiger partial charge >= 0.3 is 6.18 Å². The summed E-state index contributed by atoms with van der Waals surface area (Å²) in [5, 5.41) is 0. The first-order valence-electron chi connectivity index (χ1n) is 6.66. The summed E-state index contributed by atoms with van der Waals surface area (Å²) in [5.41, 5.74) is 0. The first-order valence-corrected chi connectivity index (χ1v) is 7.19. The van der Waals surface area contributed by atoms with E-state index in [1.807, 2.05) is 6.92 Å². The number of alkyl halides is 4. The van der Waals surface area contributed by atoms with Gasteiger partial charge in [-0.1, -0.05) is 12.1 Å². The fourth-order valence-corrected chi connectivity index (χ4v) is 2.01. The zero-order valence-electron chi connectivity index (χ0n) is 11.8. The van der Waals surface area contributed by atoms with Gasteiger partial charge in [0.15, 0.2) is 11.5 Å². The van der Waals surface area contributed by atoms with E-state index in [0.29, 0.717) is 18.1 Å². The Morgan fingerprint density at radius 1 is 1.10 bits per heavy atom. The van der Waals surface area contributed by atoms with Crippen molar-refractivity contribution in [2.45, 2.75) is 13.1 Å². The highest BCUT2D eigenvalue weighted by Gasteiger charge is 2.30. The van der Waals surface area contributed by atoms with Crippen molar-refractivity contribution in [1.29, 1.82) is 0 Å². The van der Waals surface area contributed by atoms with Crippen LogP contribution in [0.25, 0.3) is 0 Å². The van der Waals surface area contributed by atoms with Gasteiger partial charge < -0.3 is 9.47 Å². The molecule has 0 aromatic heterocycles. The smallest absolute Gasteiger partial charge is 0.401 e. The monoisotopic (exact) mass is 325 g/mol. The third kappa shape index (κ3) is 7.43. The van der Waals surface area contributed by atoms with Gasteiger partial charge in [0.1, 0.15) is 6.61 Å². The summed E-state index contributed by atoms with van der Waals surface area (Å²) in [5.74, 6) is 1.25. The maximum absolute atomic E-state index is 12.4. The molecule has 1 aromatic rings.